The zero-order valence-corrected chi connectivity index (χ0v) is 9.50. The fraction of sp³-hybridized carbons (Fsp3) is 0.600. The number of fused-ring (bicyclic) bond motifs is 1. The third-order valence-corrected chi connectivity index (χ3v) is 3.09. The molecule has 0 saturated carbocycles. The lowest BCUT2D eigenvalue weighted by atomic mass is 10.1. The van der Waals surface area contributed by atoms with Crippen molar-refractivity contribution in [3.8, 4) is 0 Å². The van der Waals surface area contributed by atoms with Crippen LogP contribution in [0.3, 0.4) is 0 Å². The number of nitrogens with zero attached hydrogens (tertiary/aromatic N) is 5. The smallest absolute Gasteiger partial charge is 0.200 e. The molecule has 2 aromatic rings. The van der Waals surface area contributed by atoms with Gasteiger partial charge in [-0.1, -0.05) is 0 Å². The minimum Gasteiger partial charge on any atom is -0.369 e. The fourth-order valence-electron chi connectivity index (χ4n) is 2.11. The molecule has 1 fully saturated rings. The van der Waals surface area contributed by atoms with E-state index >= 15 is 0 Å². The number of anilines is 1. The Morgan fingerprint density at radius 3 is 3.35 bits per heavy atom. The van der Waals surface area contributed by atoms with Crippen LogP contribution in [0.1, 0.15) is 12.8 Å². The molecule has 0 radical (unpaired) electrons. The predicted molar refractivity (Wildman–Crippen MR) is 62.7 cm³/mol. The molecule has 0 amide bonds. The molecule has 2 N–H and O–H groups in total. The van der Waals surface area contributed by atoms with Crippen LogP contribution in [-0.4, -0.2) is 44.9 Å². The van der Waals surface area contributed by atoms with Gasteiger partial charge in [-0.3, -0.25) is 0 Å². The molecule has 0 aliphatic carbocycles. The molecule has 0 aromatic carbocycles. The Morgan fingerprint density at radius 2 is 2.47 bits per heavy atom. The van der Waals surface area contributed by atoms with Crippen LogP contribution in [0.15, 0.2) is 12.1 Å². The summed E-state index contributed by atoms with van der Waals surface area (Å²) in [4.78, 5) is 0. The molecule has 1 atom stereocenters. The topological polar surface area (TPSA) is 80.0 Å². The first kappa shape index (κ1) is 10.4. The Bertz CT molecular complexity index is 488. The quantitative estimate of drug-likeness (QED) is 0.769. The van der Waals surface area contributed by atoms with E-state index in [9.17, 15) is 0 Å². The first-order valence-corrected chi connectivity index (χ1v) is 5.92. The van der Waals surface area contributed by atoms with Crippen LogP contribution in [0.5, 0.6) is 0 Å². The Morgan fingerprint density at radius 1 is 1.47 bits per heavy atom. The van der Waals surface area contributed by atoms with Gasteiger partial charge in [-0.05, 0) is 54.4 Å². The molecule has 1 aliphatic rings. The van der Waals surface area contributed by atoms with Crippen molar-refractivity contribution in [2.75, 3.05) is 25.0 Å². The summed E-state index contributed by atoms with van der Waals surface area (Å²) in [5.41, 5.74) is 0.663. The normalized spacial score (nSPS) is 19.9. The second-order valence-corrected chi connectivity index (χ2v) is 4.32. The van der Waals surface area contributed by atoms with Crippen LogP contribution in [0.2, 0.25) is 0 Å². The van der Waals surface area contributed by atoms with Crippen molar-refractivity contribution >= 4 is 11.5 Å². The van der Waals surface area contributed by atoms with Crippen LogP contribution in [-0.2, 0) is 0 Å². The number of hydrogen-bond acceptors (Lipinski definition) is 6. The Kier molecular flexibility index (Phi) is 2.83. The van der Waals surface area contributed by atoms with Crippen LogP contribution >= 0.6 is 0 Å². The maximum absolute atomic E-state index is 4.25. The van der Waals surface area contributed by atoms with Gasteiger partial charge in [0, 0.05) is 6.54 Å². The van der Waals surface area contributed by atoms with Crippen LogP contribution < -0.4 is 10.6 Å². The van der Waals surface area contributed by atoms with E-state index in [1.807, 2.05) is 12.1 Å². The summed E-state index contributed by atoms with van der Waals surface area (Å²) in [5, 5.41) is 22.0. The van der Waals surface area contributed by atoms with Crippen molar-refractivity contribution in [1.29, 1.82) is 0 Å². The maximum Gasteiger partial charge on any atom is 0.200 e. The van der Waals surface area contributed by atoms with E-state index in [0.29, 0.717) is 5.65 Å². The van der Waals surface area contributed by atoms with E-state index in [-0.39, 0.29) is 0 Å². The van der Waals surface area contributed by atoms with E-state index in [2.05, 4.69) is 31.3 Å². The first-order chi connectivity index (χ1) is 8.42. The standard InChI is InChI=1S/C10H15N7/c1-2-10-13-15-16-17(10)14-9(1)12-6-4-8-3-5-11-7-8/h1-2,8,11H,3-7H2,(H,12,14). The van der Waals surface area contributed by atoms with E-state index in [1.165, 1.54) is 17.5 Å². The van der Waals surface area contributed by atoms with Gasteiger partial charge in [0.05, 0.1) is 0 Å². The maximum atomic E-state index is 4.25. The van der Waals surface area contributed by atoms with Gasteiger partial charge in [-0.2, -0.15) is 0 Å². The molecule has 1 unspecified atom stereocenters. The van der Waals surface area contributed by atoms with Gasteiger partial charge in [0.25, 0.3) is 0 Å². The molecule has 17 heavy (non-hydrogen) atoms. The lowest BCUT2D eigenvalue weighted by molar-refractivity contribution is 0.548. The van der Waals surface area contributed by atoms with Gasteiger partial charge in [-0.15, -0.1) is 14.8 Å². The van der Waals surface area contributed by atoms with E-state index in [4.69, 9.17) is 0 Å². The van der Waals surface area contributed by atoms with Crippen molar-refractivity contribution < 1.29 is 0 Å². The minimum absolute atomic E-state index is 0.663. The van der Waals surface area contributed by atoms with E-state index in [0.717, 1.165) is 31.4 Å². The summed E-state index contributed by atoms with van der Waals surface area (Å²) in [7, 11) is 0. The van der Waals surface area contributed by atoms with Gasteiger partial charge < -0.3 is 10.6 Å². The molecular weight excluding hydrogens is 218 g/mol. The zero-order chi connectivity index (χ0) is 11.5. The summed E-state index contributed by atoms with van der Waals surface area (Å²) in [6.45, 7) is 3.23. The SMILES string of the molecule is c1cc2nnnn2nc1NCCC1CCNC1. The van der Waals surface area contributed by atoms with Crippen LogP contribution in [0.4, 0.5) is 5.82 Å². The molecule has 7 heteroatoms. The molecule has 7 nitrogen and oxygen atoms in total. The largest absolute Gasteiger partial charge is 0.369 e. The first-order valence-electron chi connectivity index (χ1n) is 5.92. The van der Waals surface area contributed by atoms with Gasteiger partial charge in [-0.25, -0.2) is 0 Å². The van der Waals surface area contributed by atoms with Crippen molar-refractivity contribution in [2.24, 2.45) is 5.92 Å². The molecule has 90 valence electrons. The van der Waals surface area contributed by atoms with Gasteiger partial charge in [0.15, 0.2) is 5.65 Å². The number of hydrogen-bond donors (Lipinski definition) is 2. The molecular formula is C10H15N7. The lowest BCUT2D eigenvalue weighted by Gasteiger charge is -2.09. The Hall–Kier alpha value is -1.76. The van der Waals surface area contributed by atoms with Crippen molar-refractivity contribution in [3.63, 3.8) is 0 Å². The Balaban J connectivity index is 1.56. The minimum atomic E-state index is 0.663. The highest BCUT2D eigenvalue weighted by atomic mass is 15.6. The van der Waals surface area contributed by atoms with Gasteiger partial charge in [0.1, 0.15) is 5.82 Å². The summed E-state index contributed by atoms with van der Waals surface area (Å²) in [6, 6.07) is 3.76. The number of rotatable bonds is 4. The van der Waals surface area contributed by atoms with Crippen molar-refractivity contribution in [3.05, 3.63) is 12.1 Å². The molecule has 0 bridgehead atoms. The molecule has 1 saturated heterocycles. The summed E-state index contributed by atoms with van der Waals surface area (Å²) < 4.78 is 1.43. The Labute approximate surface area is 98.6 Å². The highest BCUT2D eigenvalue weighted by Crippen LogP contribution is 2.12. The third kappa shape index (κ3) is 2.33. The summed E-state index contributed by atoms with van der Waals surface area (Å²) in [6.07, 6.45) is 2.45. The molecule has 3 heterocycles. The van der Waals surface area contributed by atoms with E-state index in [1.54, 1.807) is 0 Å². The van der Waals surface area contributed by atoms with Crippen LogP contribution in [0.25, 0.3) is 5.65 Å². The number of aromatic nitrogens is 5. The van der Waals surface area contributed by atoms with Crippen molar-refractivity contribution in [1.82, 2.24) is 30.6 Å². The fourth-order valence-corrected chi connectivity index (χ4v) is 2.11. The highest BCUT2D eigenvalue weighted by Gasteiger charge is 2.13. The second-order valence-electron chi connectivity index (χ2n) is 4.32. The second kappa shape index (κ2) is 4.62. The monoisotopic (exact) mass is 233 g/mol. The number of tetrazole rings is 1. The third-order valence-electron chi connectivity index (χ3n) is 3.09. The molecule has 1 aliphatic heterocycles. The highest BCUT2D eigenvalue weighted by molar-refractivity contribution is 5.41. The summed E-state index contributed by atoms with van der Waals surface area (Å²) in [5.74, 6) is 1.61. The zero-order valence-electron chi connectivity index (χ0n) is 9.50. The predicted octanol–water partition coefficient (Wildman–Crippen LogP) is -0.0692. The average Bonchev–Trinajstić information content (AvgIpc) is 2.98. The molecule has 2 aromatic heterocycles. The lowest BCUT2D eigenvalue weighted by Crippen LogP contribution is -2.13. The van der Waals surface area contributed by atoms with Gasteiger partial charge in [0.2, 0.25) is 0 Å². The summed E-state index contributed by atoms with van der Waals surface area (Å²) >= 11 is 0. The molecule has 0 spiro atoms. The average molecular weight is 233 g/mol. The molecule has 3 rings (SSSR count). The van der Waals surface area contributed by atoms with Gasteiger partial charge >= 0.3 is 0 Å². The van der Waals surface area contributed by atoms with E-state index < -0.39 is 0 Å². The van der Waals surface area contributed by atoms with Crippen molar-refractivity contribution in [2.45, 2.75) is 12.8 Å². The van der Waals surface area contributed by atoms with Crippen LogP contribution in [0, 0.1) is 5.92 Å². The number of nitrogens with one attached hydrogen (secondary N) is 2.